The first-order valence-electron chi connectivity index (χ1n) is 7.58. The zero-order chi connectivity index (χ0) is 14.1. The second-order valence-electron chi connectivity index (χ2n) is 6.31. The molecule has 2 N–H and O–H groups in total. The van der Waals surface area contributed by atoms with Crippen LogP contribution < -0.4 is 5.73 Å². The van der Waals surface area contributed by atoms with Crippen LogP contribution in [0.2, 0.25) is 0 Å². The maximum Gasteiger partial charge on any atom is 0.0323 e. The highest BCUT2D eigenvalue weighted by Gasteiger charge is 2.25. The molecule has 1 fully saturated rings. The van der Waals surface area contributed by atoms with E-state index in [0.717, 1.165) is 10.4 Å². The van der Waals surface area contributed by atoms with Crippen molar-refractivity contribution in [3.05, 3.63) is 46.4 Å². The fourth-order valence-corrected chi connectivity index (χ4v) is 3.90. The van der Waals surface area contributed by atoms with Gasteiger partial charge in [-0.25, -0.2) is 0 Å². The van der Waals surface area contributed by atoms with Crippen LogP contribution in [0.15, 0.2) is 40.9 Å². The summed E-state index contributed by atoms with van der Waals surface area (Å²) in [5, 5.41) is 2.55. The number of fused-ring (bicyclic) bond motifs is 1. The molecule has 3 unspecified atom stereocenters. The zero-order valence-electron chi connectivity index (χ0n) is 12.0. The minimum absolute atomic E-state index is 0.186. The monoisotopic (exact) mass is 331 g/mol. The van der Waals surface area contributed by atoms with Crippen LogP contribution in [-0.4, -0.2) is 0 Å². The van der Waals surface area contributed by atoms with Crippen molar-refractivity contribution >= 4 is 26.7 Å². The lowest BCUT2D eigenvalue weighted by molar-refractivity contribution is 0.248. The minimum Gasteiger partial charge on any atom is -0.324 e. The molecule has 1 nitrogen and oxygen atoms in total. The summed E-state index contributed by atoms with van der Waals surface area (Å²) < 4.78 is 1.13. The van der Waals surface area contributed by atoms with Gasteiger partial charge in [0.1, 0.15) is 0 Å². The fraction of sp³-hybridized carbons (Fsp3) is 0.444. The average Bonchev–Trinajstić information content (AvgIpc) is 2.46. The third-order valence-corrected chi connectivity index (χ3v) is 5.19. The number of hydrogen-bond donors (Lipinski definition) is 1. The molecule has 1 aliphatic rings. The average molecular weight is 332 g/mol. The van der Waals surface area contributed by atoms with Gasteiger partial charge in [0, 0.05) is 10.5 Å². The summed E-state index contributed by atoms with van der Waals surface area (Å²) in [4.78, 5) is 0. The van der Waals surface area contributed by atoms with Crippen molar-refractivity contribution in [1.29, 1.82) is 0 Å². The smallest absolute Gasteiger partial charge is 0.0323 e. The normalized spacial score (nSPS) is 24.8. The molecule has 2 aromatic carbocycles. The van der Waals surface area contributed by atoms with Crippen molar-refractivity contribution < 1.29 is 0 Å². The van der Waals surface area contributed by atoms with Gasteiger partial charge in [0.2, 0.25) is 0 Å². The molecule has 0 bridgehead atoms. The predicted octanol–water partition coefficient (Wildman–Crippen LogP) is 5.43. The van der Waals surface area contributed by atoms with Crippen molar-refractivity contribution in [2.75, 3.05) is 0 Å². The van der Waals surface area contributed by atoms with Crippen LogP contribution in [-0.2, 0) is 0 Å². The SMILES string of the molecule is CC1CCCC(C(N)c2ccc3cc(Br)ccc3c2)C1. The number of rotatable bonds is 2. The van der Waals surface area contributed by atoms with Crippen molar-refractivity contribution in [2.45, 2.75) is 38.6 Å². The molecular formula is C18H22BrN. The van der Waals surface area contributed by atoms with E-state index in [1.807, 2.05) is 0 Å². The molecule has 1 aliphatic carbocycles. The van der Waals surface area contributed by atoms with Gasteiger partial charge in [0.05, 0.1) is 0 Å². The summed E-state index contributed by atoms with van der Waals surface area (Å²) in [5.74, 6) is 1.47. The van der Waals surface area contributed by atoms with E-state index in [2.05, 4.69) is 59.3 Å². The van der Waals surface area contributed by atoms with Gasteiger partial charge in [-0.2, -0.15) is 0 Å². The quantitative estimate of drug-likeness (QED) is 0.780. The molecule has 0 aromatic heterocycles. The predicted molar refractivity (Wildman–Crippen MR) is 89.7 cm³/mol. The van der Waals surface area contributed by atoms with E-state index in [1.54, 1.807) is 0 Å². The molecule has 106 valence electrons. The topological polar surface area (TPSA) is 26.0 Å². The molecule has 1 saturated carbocycles. The van der Waals surface area contributed by atoms with Crippen LogP contribution in [0.5, 0.6) is 0 Å². The highest BCUT2D eigenvalue weighted by atomic mass is 79.9. The molecule has 2 aromatic rings. The molecule has 0 aliphatic heterocycles. The van der Waals surface area contributed by atoms with Crippen LogP contribution in [0.4, 0.5) is 0 Å². The molecule has 0 spiro atoms. The largest absolute Gasteiger partial charge is 0.324 e. The Morgan fingerprint density at radius 1 is 1.10 bits per heavy atom. The van der Waals surface area contributed by atoms with E-state index < -0.39 is 0 Å². The Balaban J connectivity index is 1.87. The molecule has 20 heavy (non-hydrogen) atoms. The molecular weight excluding hydrogens is 310 g/mol. The Kier molecular flexibility index (Phi) is 4.13. The van der Waals surface area contributed by atoms with E-state index in [4.69, 9.17) is 5.73 Å². The maximum absolute atomic E-state index is 6.54. The molecule has 0 amide bonds. The summed E-state index contributed by atoms with van der Waals surface area (Å²) in [5.41, 5.74) is 7.83. The Morgan fingerprint density at radius 3 is 2.65 bits per heavy atom. The first-order valence-corrected chi connectivity index (χ1v) is 8.37. The summed E-state index contributed by atoms with van der Waals surface area (Å²) in [6.07, 6.45) is 5.26. The van der Waals surface area contributed by atoms with E-state index >= 15 is 0 Å². The molecule has 0 radical (unpaired) electrons. The number of nitrogens with two attached hydrogens (primary N) is 1. The second-order valence-corrected chi connectivity index (χ2v) is 7.22. The van der Waals surface area contributed by atoms with Gasteiger partial charge in [0.15, 0.2) is 0 Å². The molecule has 0 saturated heterocycles. The van der Waals surface area contributed by atoms with Crippen LogP contribution in [0.3, 0.4) is 0 Å². The lowest BCUT2D eigenvalue weighted by Crippen LogP contribution is -2.26. The summed E-state index contributed by atoms with van der Waals surface area (Å²) in [6.45, 7) is 2.36. The Hall–Kier alpha value is -0.860. The Labute approximate surface area is 129 Å². The summed E-state index contributed by atoms with van der Waals surface area (Å²) in [7, 11) is 0. The Bertz CT molecular complexity index is 607. The molecule has 3 rings (SSSR count). The third-order valence-electron chi connectivity index (χ3n) is 4.70. The van der Waals surface area contributed by atoms with Crippen LogP contribution in [0.25, 0.3) is 10.8 Å². The standard InChI is InChI=1S/C18H22BrN/c1-12-3-2-4-15(9-12)18(20)16-6-5-14-11-17(19)8-7-13(14)10-16/h5-8,10-12,15,18H,2-4,9,20H2,1H3. The second kappa shape index (κ2) is 5.87. The van der Waals surface area contributed by atoms with Gasteiger partial charge in [-0.15, -0.1) is 0 Å². The third kappa shape index (κ3) is 2.91. The van der Waals surface area contributed by atoms with Gasteiger partial charge < -0.3 is 5.73 Å². The van der Waals surface area contributed by atoms with Gasteiger partial charge in [-0.05, 0) is 59.2 Å². The molecule has 2 heteroatoms. The van der Waals surface area contributed by atoms with Gasteiger partial charge in [-0.3, -0.25) is 0 Å². The molecule has 0 heterocycles. The van der Waals surface area contributed by atoms with Crippen LogP contribution >= 0.6 is 15.9 Å². The van der Waals surface area contributed by atoms with Gasteiger partial charge in [0.25, 0.3) is 0 Å². The number of benzene rings is 2. The fourth-order valence-electron chi connectivity index (χ4n) is 3.52. The van der Waals surface area contributed by atoms with E-state index in [0.29, 0.717) is 5.92 Å². The van der Waals surface area contributed by atoms with E-state index in [1.165, 1.54) is 42.0 Å². The summed E-state index contributed by atoms with van der Waals surface area (Å²) in [6, 6.07) is 13.3. The highest BCUT2D eigenvalue weighted by Crippen LogP contribution is 2.36. The van der Waals surface area contributed by atoms with E-state index in [-0.39, 0.29) is 6.04 Å². The van der Waals surface area contributed by atoms with Gasteiger partial charge >= 0.3 is 0 Å². The highest BCUT2D eigenvalue weighted by molar-refractivity contribution is 9.10. The van der Waals surface area contributed by atoms with Crippen molar-refractivity contribution in [3.63, 3.8) is 0 Å². The number of halogens is 1. The first-order chi connectivity index (χ1) is 9.63. The van der Waals surface area contributed by atoms with Crippen LogP contribution in [0.1, 0.15) is 44.2 Å². The zero-order valence-corrected chi connectivity index (χ0v) is 13.6. The molecule has 3 atom stereocenters. The summed E-state index contributed by atoms with van der Waals surface area (Å²) >= 11 is 3.52. The minimum atomic E-state index is 0.186. The van der Waals surface area contributed by atoms with Crippen molar-refractivity contribution in [3.8, 4) is 0 Å². The first kappa shape index (κ1) is 14.1. The lowest BCUT2D eigenvalue weighted by Gasteiger charge is -2.31. The van der Waals surface area contributed by atoms with Gasteiger partial charge in [-0.1, -0.05) is 53.9 Å². The maximum atomic E-state index is 6.54. The van der Waals surface area contributed by atoms with Crippen molar-refractivity contribution in [2.24, 2.45) is 17.6 Å². The van der Waals surface area contributed by atoms with E-state index in [9.17, 15) is 0 Å². The van der Waals surface area contributed by atoms with Crippen LogP contribution in [0, 0.1) is 11.8 Å². The number of hydrogen-bond acceptors (Lipinski definition) is 1. The Morgan fingerprint density at radius 2 is 1.85 bits per heavy atom. The van der Waals surface area contributed by atoms with Crippen molar-refractivity contribution in [1.82, 2.24) is 0 Å². The lowest BCUT2D eigenvalue weighted by atomic mass is 9.77.